The maximum Gasteiger partial charge on any atom is 0.0935 e. The standard InChI is InChI=1S/C15H20N2S/c1-3-12(9-16)8-15-17-14(10-18-15)13-6-4-11(2)5-7-13/h4-7,10,12H,3,8-9,16H2,1-2H3. The minimum Gasteiger partial charge on any atom is -0.330 e. The molecule has 0 bridgehead atoms. The Balaban J connectivity index is 2.12. The van der Waals surface area contributed by atoms with Crippen molar-refractivity contribution in [3.8, 4) is 11.3 Å². The van der Waals surface area contributed by atoms with Crippen LogP contribution in [0.15, 0.2) is 29.6 Å². The third-order valence-electron chi connectivity index (χ3n) is 3.27. The fraction of sp³-hybridized carbons (Fsp3) is 0.400. The lowest BCUT2D eigenvalue weighted by atomic mass is 10.0. The summed E-state index contributed by atoms with van der Waals surface area (Å²) in [7, 11) is 0. The van der Waals surface area contributed by atoms with Crippen molar-refractivity contribution in [1.29, 1.82) is 0 Å². The zero-order chi connectivity index (χ0) is 13.0. The van der Waals surface area contributed by atoms with Crippen LogP contribution in [0.1, 0.15) is 23.9 Å². The van der Waals surface area contributed by atoms with E-state index in [1.165, 1.54) is 16.1 Å². The SMILES string of the molecule is CCC(CN)Cc1nc(-c2ccc(C)cc2)cs1. The molecule has 0 spiro atoms. The zero-order valence-electron chi connectivity index (χ0n) is 11.0. The summed E-state index contributed by atoms with van der Waals surface area (Å²) in [6, 6.07) is 8.52. The Hall–Kier alpha value is -1.19. The van der Waals surface area contributed by atoms with Gasteiger partial charge in [-0.3, -0.25) is 0 Å². The van der Waals surface area contributed by atoms with Gasteiger partial charge in [-0.25, -0.2) is 4.98 Å². The molecule has 0 saturated heterocycles. The number of hydrogen-bond donors (Lipinski definition) is 1. The second-order valence-corrected chi connectivity index (χ2v) is 5.65. The summed E-state index contributed by atoms with van der Waals surface area (Å²) in [5.41, 5.74) is 9.31. The first-order chi connectivity index (χ1) is 8.72. The largest absolute Gasteiger partial charge is 0.330 e. The Labute approximate surface area is 113 Å². The molecular formula is C15H20N2S. The quantitative estimate of drug-likeness (QED) is 0.891. The van der Waals surface area contributed by atoms with E-state index in [2.05, 4.69) is 43.5 Å². The Morgan fingerprint density at radius 3 is 2.61 bits per heavy atom. The van der Waals surface area contributed by atoms with Crippen LogP contribution in [-0.4, -0.2) is 11.5 Å². The summed E-state index contributed by atoms with van der Waals surface area (Å²) in [6.07, 6.45) is 2.12. The maximum absolute atomic E-state index is 5.74. The van der Waals surface area contributed by atoms with Crippen molar-refractivity contribution in [2.24, 2.45) is 11.7 Å². The van der Waals surface area contributed by atoms with Crippen LogP contribution in [0.4, 0.5) is 0 Å². The van der Waals surface area contributed by atoms with Crippen molar-refractivity contribution < 1.29 is 0 Å². The van der Waals surface area contributed by atoms with E-state index in [0.717, 1.165) is 25.1 Å². The number of rotatable bonds is 5. The van der Waals surface area contributed by atoms with Gasteiger partial charge >= 0.3 is 0 Å². The molecule has 2 nitrogen and oxygen atoms in total. The van der Waals surface area contributed by atoms with Crippen LogP contribution < -0.4 is 5.73 Å². The molecule has 0 aliphatic heterocycles. The Bertz CT molecular complexity index is 483. The predicted octanol–water partition coefficient (Wildman–Crippen LogP) is 3.65. The number of nitrogens with zero attached hydrogens (tertiary/aromatic N) is 1. The van der Waals surface area contributed by atoms with Crippen LogP contribution in [0, 0.1) is 12.8 Å². The zero-order valence-corrected chi connectivity index (χ0v) is 11.8. The smallest absolute Gasteiger partial charge is 0.0935 e. The van der Waals surface area contributed by atoms with E-state index >= 15 is 0 Å². The van der Waals surface area contributed by atoms with E-state index in [9.17, 15) is 0 Å². The molecule has 0 aliphatic carbocycles. The van der Waals surface area contributed by atoms with Crippen molar-refractivity contribution in [1.82, 2.24) is 4.98 Å². The van der Waals surface area contributed by atoms with Crippen molar-refractivity contribution in [2.45, 2.75) is 26.7 Å². The lowest BCUT2D eigenvalue weighted by Gasteiger charge is -2.08. The highest BCUT2D eigenvalue weighted by molar-refractivity contribution is 7.09. The average Bonchev–Trinajstić information content (AvgIpc) is 2.85. The summed E-state index contributed by atoms with van der Waals surface area (Å²) < 4.78 is 0. The third-order valence-corrected chi connectivity index (χ3v) is 4.14. The number of thiazole rings is 1. The molecule has 2 aromatic rings. The fourth-order valence-electron chi connectivity index (χ4n) is 1.90. The average molecular weight is 260 g/mol. The first-order valence-electron chi connectivity index (χ1n) is 6.44. The molecule has 1 aromatic heterocycles. The van der Waals surface area contributed by atoms with Gasteiger partial charge in [-0.05, 0) is 19.4 Å². The number of benzene rings is 1. The van der Waals surface area contributed by atoms with E-state index in [-0.39, 0.29) is 0 Å². The molecule has 1 aromatic carbocycles. The van der Waals surface area contributed by atoms with E-state index in [4.69, 9.17) is 10.7 Å². The highest BCUT2D eigenvalue weighted by Crippen LogP contribution is 2.24. The molecule has 1 heterocycles. The molecular weight excluding hydrogens is 240 g/mol. The maximum atomic E-state index is 5.74. The minimum atomic E-state index is 0.557. The molecule has 1 unspecified atom stereocenters. The molecule has 0 fully saturated rings. The number of nitrogens with two attached hydrogens (primary N) is 1. The lowest BCUT2D eigenvalue weighted by Crippen LogP contribution is -2.15. The summed E-state index contributed by atoms with van der Waals surface area (Å²) in [5.74, 6) is 0.557. The van der Waals surface area contributed by atoms with Gasteiger partial charge in [0.25, 0.3) is 0 Å². The first-order valence-corrected chi connectivity index (χ1v) is 7.32. The molecule has 0 amide bonds. The van der Waals surface area contributed by atoms with E-state index < -0.39 is 0 Å². The second-order valence-electron chi connectivity index (χ2n) is 4.71. The molecule has 18 heavy (non-hydrogen) atoms. The topological polar surface area (TPSA) is 38.9 Å². The van der Waals surface area contributed by atoms with Gasteiger partial charge in [0.1, 0.15) is 0 Å². The molecule has 0 radical (unpaired) electrons. The summed E-state index contributed by atoms with van der Waals surface area (Å²) >= 11 is 1.74. The van der Waals surface area contributed by atoms with Crippen LogP contribution in [0.25, 0.3) is 11.3 Å². The molecule has 2 N–H and O–H groups in total. The van der Waals surface area contributed by atoms with E-state index in [1.54, 1.807) is 11.3 Å². The van der Waals surface area contributed by atoms with Crippen LogP contribution in [0.2, 0.25) is 0 Å². The molecule has 0 aliphatic rings. The van der Waals surface area contributed by atoms with Crippen molar-refractivity contribution in [3.63, 3.8) is 0 Å². The highest BCUT2D eigenvalue weighted by Gasteiger charge is 2.09. The van der Waals surface area contributed by atoms with Gasteiger partial charge in [0, 0.05) is 17.4 Å². The van der Waals surface area contributed by atoms with Gasteiger partial charge in [-0.15, -0.1) is 11.3 Å². The van der Waals surface area contributed by atoms with Gasteiger partial charge in [-0.2, -0.15) is 0 Å². The van der Waals surface area contributed by atoms with E-state index in [0.29, 0.717) is 5.92 Å². The molecule has 96 valence electrons. The van der Waals surface area contributed by atoms with Crippen molar-refractivity contribution >= 4 is 11.3 Å². The summed E-state index contributed by atoms with van der Waals surface area (Å²) in [6.45, 7) is 5.03. The minimum absolute atomic E-state index is 0.557. The first kappa shape index (κ1) is 13.2. The molecule has 0 saturated carbocycles. The lowest BCUT2D eigenvalue weighted by molar-refractivity contribution is 0.518. The van der Waals surface area contributed by atoms with Crippen molar-refractivity contribution in [3.05, 3.63) is 40.2 Å². The van der Waals surface area contributed by atoms with Crippen LogP contribution in [0.3, 0.4) is 0 Å². The van der Waals surface area contributed by atoms with Gasteiger partial charge < -0.3 is 5.73 Å². The van der Waals surface area contributed by atoms with Gasteiger partial charge in [0.05, 0.1) is 10.7 Å². The Morgan fingerprint density at radius 1 is 1.28 bits per heavy atom. The normalized spacial score (nSPS) is 12.6. The highest BCUT2D eigenvalue weighted by atomic mass is 32.1. The number of aryl methyl sites for hydroxylation is 1. The Kier molecular flexibility index (Phi) is 4.50. The summed E-state index contributed by atoms with van der Waals surface area (Å²) in [5, 5.41) is 3.34. The van der Waals surface area contributed by atoms with Gasteiger partial charge in [0.15, 0.2) is 0 Å². The second kappa shape index (κ2) is 6.12. The number of aromatic nitrogens is 1. The molecule has 1 atom stereocenters. The van der Waals surface area contributed by atoms with Crippen LogP contribution in [-0.2, 0) is 6.42 Å². The summed E-state index contributed by atoms with van der Waals surface area (Å²) in [4.78, 5) is 4.71. The van der Waals surface area contributed by atoms with Crippen LogP contribution in [0.5, 0.6) is 0 Å². The predicted molar refractivity (Wildman–Crippen MR) is 78.8 cm³/mol. The Morgan fingerprint density at radius 2 is 2.00 bits per heavy atom. The third kappa shape index (κ3) is 3.18. The van der Waals surface area contributed by atoms with Gasteiger partial charge in [-0.1, -0.05) is 43.2 Å². The number of hydrogen-bond acceptors (Lipinski definition) is 3. The molecule has 2 rings (SSSR count). The fourth-order valence-corrected chi connectivity index (χ4v) is 2.82. The van der Waals surface area contributed by atoms with Crippen molar-refractivity contribution in [2.75, 3.05) is 6.54 Å². The van der Waals surface area contributed by atoms with E-state index in [1.807, 2.05) is 0 Å². The monoisotopic (exact) mass is 260 g/mol. The van der Waals surface area contributed by atoms with Gasteiger partial charge in [0.2, 0.25) is 0 Å². The molecule has 3 heteroatoms. The van der Waals surface area contributed by atoms with Crippen LogP contribution >= 0.6 is 11.3 Å².